The Morgan fingerprint density at radius 2 is 0.224 bits per heavy atom. The molecule has 9 aromatic carbocycles. The summed E-state index contributed by atoms with van der Waals surface area (Å²) < 4.78 is 0. The Morgan fingerprint density at radius 1 is 0.138 bits per heavy atom. The van der Waals surface area contributed by atoms with Crippen LogP contribution in [-0.2, 0) is 0 Å². The quantitative estimate of drug-likeness (QED) is 0.120. The molecule has 0 atom stereocenters. The SMILES string of the molecule is [Al].c1ccc([Si](c2ccccc2)c2ccccc2)cc1.c1ccc([Si](c2ccccc2)c2ccccc2)cc1.c1ccc([Si](c2ccccc2)c2ccccc2)cc1. The standard InChI is InChI=1S/3C18H15Si.Al/c3*1-4-10-16(11-5-1)19(17-12-6-2-7-13-17)18-14-8-3-9-15-18;/h3*1-15H;. The molecule has 0 fully saturated rings. The molecule has 4 heteroatoms. The molecular formula is C54H45AlSi3. The van der Waals surface area contributed by atoms with Crippen molar-refractivity contribution in [2.24, 2.45) is 0 Å². The highest BCUT2D eigenvalue weighted by atomic mass is 28.3. The van der Waals surface area contributed by atoms with Crippen molar-refractivity contribution < 1.29 is 0 Å². The molecule has 6 radical (unpaired) electrons. The highest BCUT2D eigenvalue weighted by Gasteiger charge is 2.20. The Balaban J connectivity index is 0.000000145. The molecule has 0 aliphatic heterocycles. The highest BCUT2D eigenvalue weighted by molar-refractivity contribution is 6.96. The van der Waals surface area contributed by atoms with Crippen LogP contribution in [0.2, 0.25) is 0 Å². The molecule has 9 aromatic rings. The van der Waals surface area contributed by atoms with Gasteiger partial charge in [0.05, 0.1) is 0 Å². The summed E-state index contributed by atoms with van der Waals surface area (Å²) >= 11 is 0. The predicted molar refractivity (Wildman–Crippen MR) is 258 cm³/mol. The average Bonchev–Trinajstić information content (AvgIpc) is 3.30. The van der Waals surface area contributed by atoms with Crippen LogP contribution in [0.5, 0.6) is 0 Å². The van der Waals surface area contributed by atoms with Crippen molar-refractivity contribution in [2.45, 2.75) is 0 Å². The van der Waals surface area contributed by atoms with Crippen LogP contribution in [0, 0.1) is 0 Å². The molecule has 0 aromatic heterocycles. The Morgan fingerprint density at radius 3 is 0.310 bits per heavy atom. The predicted octanol–water partition coefficient (Wildman–Crippen LogP) is 6.23. The maximum atomic E-state index is 2.24. The van der Waals surface area contributed by atoms with Crippen LogP contribution < -0.4 is 46.7 Å². The van der Waals surface area contributed by atoms with Crippen molar-refractivity contribution in [1.82, 2.24) is 0 Å². The van der Waals surface area contributed by atoms with E-state index in [4.69, 9.17) is 0 Å². The van der Waals surface area contributed by atoms with E-state index in [0.717, 1.165) is 0 Å². The van der Waals surface area contributed by atoms with Gasteiger partial charge in [0.2, 0.25) is 0 Å². The van der Waals surface area contributed by atoms with Crippen LogP contribution in [0.4, 0.5) is 0 Å². The molecule has 0 unspecified atom stereocenters. The van der Waals surface area contributed by atoms with E-state index in [1.807, 2.05) is 0 Å². The second kappa shape index (κ2) is 22.8. The van der Waals surface area contributed by atoms with Gasteiger partial charge in [-0.3, -0.25) is 0 Å². The number of benzene rings is 9. The van der Waals surface area contributed by atoms with Gasteiger partial charge < -0.3 is 0 Å². The first-order valence-corrected chi connectivity index (χ1v) is 23.9. The first-order chi connectivity index (χ1) is 28.3. The third-order valence-corrected chi connectivity index (χ3v) is 17.8. The summed E-state index contributed by atoms with van der Waals surface area (Å²) in [6, 6.07) is 97.5. The van der Waals surface area contributed by atoms with E-state index < -0.39 is 26.4 Å². The molecular weight excluding hydrogens is 760 g/mol. The van der Waals surface area contributed by atoms with Gasteiger partial charge >= 0.3 is 0 Å². The zero-order valence-corrected chi connectivity index (χ0v) is 36.7. The lowest BCUT2D eigenvalue weighted by molar-refractivity contribution is 1.71. The normalized spacial score (nSPS) is 10.4. The summed E-state index contributed by atoms with van der Waals surface area (Å²) in [7, 11) is -2.63. The molecule has 0 N–H and O–H groups in total. The second-order valence-corrected chi connectivity index (χ2v) is 20.9. The van der Waals surface area contributed by atoms with Gasteiger partial charge in [0.25, 0.3) is 0 Å². The summed E-state index contributed by atoms with van der Waals surface area (Å²) in [5, 5.41) is 12.9. The minimum absolute atomic E-state index is 0. The summed E-state index contributed by atoms with van der Waals surface area (Å²) in [5.74, 6) is 0. The lowest BCUT2D eigenvalue weighted by Crippen LogP contribution is -2.51. The Labute approximate surface area is 361 Å². The van der Waals surface area contributed by atoms with Crippen LogP contribution in [0.15, 0.2) is 273 Å². The Kier molecular flexibility index (Phi) is 16.4. The minimum Gasteiger partial charge on any atom is -0.0624 e. The van der Waals surface area contributed by atoms with Crippen LogP contribution in [0.3, 0.4) is 0 Å². The van der Waals surface area contributed by atoms with Gasteiger partial charge in [-0.1, -0.05) is 320 Å². The van der Waals surface area contributed by atoms with Gasteiger partial charge in [-0.25, -0.2) is 0 Å². The topological polar surface area (TPSA) is 0 Å². The molecule has 0 aliphatic carbocycles. The summed E-state index contributed by atoms with van der Waals surface area (Å²) in [4.78, 5) is 0. The third-order valence-electron chi connectivity index (χ3n) is 9.56. The van der Waals surface area contributed by atoms with Gasteiger partial charge in [-0.15, -0.1) is 0 Å². The maximum Gasteiger partial charge on any atom is 0.154 e. The maximum absolute atomic E-state index is 2.24. The van der Waals surface area contributed by atoms with E-state index in [2.05, 4.69) is 273 Å². The summed E-state index contributed by atoms with van der Waals surface area (Å²) in [6.07, 6.45) is 0. The largest absolute Gasteiger partial charge is 0.154 e. The highest BCUT2D eigenvalue weighted by Crippen LogP contribution is 1.98. The molecule has 0 saturated carbocycles. The van der Waals surface area contributed by atoms with Crippen molar-refractivity contribution in [2.75, 3.05) is 0 Å². The molecule has 0 aliphatic rings. The lowest BCUT2D eigenvalue weighted by atomic mass is 10.3. The fraction of sp³-hybridized carbons (Fsp3) is 0. The number of hydrogen-bond donors (Lipinski definition) is 0. The zero-order chi connectivity index (χ0) is 38.7. The van der Waals surface area contributed by atoms with Crippen LogP contribution in [-0.4, -0.2) is 43.8 Å². The smallest absolute Gasteiger partial charge is 0.0624 e. The molecule has 0 saturated heterocycles. The van der Waals surface area contributed by atoms with Gasteiger partial charge in [0.1, 0.15) is 0 Å². The van der Waals surface area contributed by atoms with E-state index in [9.17, 15) is 0 Å². The van der Waals surface area contributed by atoms with E-state index in [0.29, 0.717) is 0 Å². The minimum atomic E-state index is -0.877. The molecule has 0 nitrogen and oxygen atoms in total. The Hall–Kier alpha value is -5.84. The fourth-order valence-corrected chi connectivity index (χ4v) is 14.7. The third kappa shape index (κ3) is 11.6. The van der Waals surface area contributed by atoms with E-state index >= 15 is 0 Å². The van der Waals surface area contributed by atoms with Crippen LogP contribution in [0.1, 0.15) is 0 Å². The van der Waals surface area contributed by atoms with Crippen molar-refractivity contribution >= 4 is 90.4 Å². The molecule has 0 heterocycles. The molecule has 0 spiro atoms. The van der Waals surface area contributed by atoms with Crippen molar-refractivity contribution in [1.29, 1.82) is 0 Å². The zero-order valence-electron chi connectivity index (χ0n) is 32.6. The van der Waals surface area contributed by atoms with Crippen LogP contribution in [0.25, 0.3) is 0 Å². The first-order valence-electron chi connectivity index (χ1n) is 19.4. The van der Waals surface area contributed by atoms with E-state index in [-0.39, 0.29) is 17.4 Å². The monoisotopic (exact) mass is 804 g/mol. The second-order valence-electron chi connectivity index (χ2n) is 13.4. The van der Waals surface area contributed by atoms with Crippen molar-refractivity contribution in [3.63, 3.8) is 0 Å². The average molecular weight is 805 g/mol. The molecule has 276 valence electrons. The summed E-state index contributed by atoms with van der Waals surface area (Å²) in [5.41, 5.74) is 0. The lowest BCUT2D eigenvalue weighted by Gasteiger charge is -2.16. The van der Waals surface area contributed by atoms with Gasteiger partial charge in [-0.05, 0) is 0 Å². The summed E-state index contributed by atoms with van der Waals surface area (Å²) in [6.45, 7) is 0. The Bertz CT molecular complexity index is 1860. The van der Waals surface area contributed by atoms with Gasteiger partial charge in [-0.2, -0.15) is 0 Å². The van der Waals surface area contributed by atoms with Crippen LogP contribution >= 0.6 is 0 Å². The van der Waals surface area contributed by atoms with Gasteiger partial charge in [0.15, 0.2) is 26.4 Å². The number of rotatable bonds is 9. The first kappa shape index (κ1) is 41.8. The number of hydrogen-bond acceptors (Lipinski definition) is 0. The molecule has 0 bridgehead atoms. The van der Waals surface area contributed by atoms with E-state index in [1.54, 1.807) is 0 Å². The van der Waals surface area contributed by atoms with Gasteiger partial charge in [0, 0.05) is 17.4 Å². The molecule has 0 amide bonds. The molecule has 58 heavy (non-hydrogen) atoms. The van der Waals surface area contributed by atoms with E-state index in [1.165, 1.54) is 46.7 Å². The van der Waals surface area contributed by atoms with Crippen molar-refractivity contribution in [3.05, 3.63) is 273 Å². The van der Waals surface area contributed by atoms with Crippen molar-refractivity contribution in [3.8, 4) is 0 Å². The molecule has 9 rings (SSSR count). The fourth-order valence-electron chi connectivity index (χ4n) is 6.94.